The van der Waals surface area contributed by atoms with E-state index in [-0.39, 0.29) is 29.8 Å². The molecule has 11 atom stereocenters. The molecule has 6 aliphatic carbocycles. The van der Waals surface area contributed by atoms with Gasteiger partial charge in [-0.25, -0.2) is 0 Å². The normalized spacial score (nSPS) is 57.2. The maximum atomic E-state index is 13.1. The Labute approximate surface area is 148 Å². The standard InChI is InChI=1S/C21H28O4/c22-20(23)18-13-8-14(17-12-4-3-11(7-12)16(13)17)19(18)21(24)25-15-6-9-1-2-10(15)5-9/h9-19H,1-8H2,(H,22,23). The van der Waals surface area contributed by atoms with Gasteiger partial charge >= 0.3 is 11.9 Å². The Balaban J connectivity index is 1.26. The molecule has 4 nitrogen and oxygen atoms in total. The molecule has 6 rings (SSSR count). The molecule has 11 unspecified atom stereocenters. The second kappa shape index (κ2) is 5.01. The molecule has 0 aromatic carbocycles. The van der Waals surface area contributed by atoms with Crippen molar-refractivity contribution < 1.29 is 19.4 Å². The summed E-state index contributed by atoms with van der Waals surface area (Å²) in [6.07, 6.45) is 9.65. The number of rotatable bonds is 3. The van der Waals surface area contributed by atoms with Gasteiger partial charge in [0.1, 0.15) is 6.10 Å². The quantitative estimate of drug-likeness (QED) is 0.630. The molecule has 0 radical (unpaired) electrons. The first-order chi connectivity index (χ1) is 12.1. The van der Waals surface area contributed by atoms with Gasteiger partial charge in [-0.2, -0.15) is 0 Å². The summed E-state index contributed by atoms with van der Waals surface area (Å²) in [6.45, 7) is 0. The number of hydrogen-bond acceptors (Lipinski definition) is 3. The van der Waals surface area contributed by atoms with E-state index in [1.165, 1.54) is 38.5 Å². The molecule has 1 N–H and O–H groups in total. The van der Waals surface area contributed by atoms with E-state index in [9.17, 15) is 14.7 Å². The first-order valence-corrected chi connectivity index (χ1v) is 10.5. The molecule has 6 saturated carbocycles. The summed E-state index contributed by atoms with van der Waals surface area (Å²) in [5.74, 6) is 2.80. The Kier molecular flexibility index (Phi) is 3.02. The number of fused-ring (bicyclic) bond motifs is 11. The Hall–Kier alpha value is -1.06. The van der Waals surface area contributed by atoms with Crippen LogP contribution in [0, 0.1) is 59.2 Å². The molecular formula is C21H28O4. The van der Waals surface area contributed by atoms with Crippen molar-refractivity contribution in [2.75, 3.05) is 0 Å². The number of aliphatic carboxylic acids is 1. The van der Waals surface area contributed by atoms with E-state index in [0.717, 1.165) is 30.6 Å². The Morgan fingerprint density at radius 1 is 0.760 bits per heavy atom. The molecule has 25 heavy (non-hydrogen) atoms. The van der Waals surface area contributed by atoms with Gasteiger partial charge in [0.05, 0.1) is 11.8 Å². The van der Waals surface area contributed by atoms with E-state index in [1.807, 2.05) is 0 Å². The molecule has 0 amide bonds. The lowest BCUT2D eigenvalue weighted by atomic mass is 9.63. The highest BCUT2D eigenvalue weighted by Gasteiger charge is 2.69. The second-order valence-corrected chi connectivity index (χ2v) is 10.1. The maximum absolute atomic E-state index is 13.1. The van der Waals surface area contributed by atoms with E-state index in [1.54, 1.807) is 0 Å². The van der Waals surface area contributed by atoms with Gasteiger partial charge in [0.2, 0.25) is 0 Å². The van der Waals surface area contributed by atoms with E-state index >= 15 is 0 Å². The molecule has 0 spiro atoms. The summed E-state index contributed by atoms with van der Waals surface area (Å²) >= 11 is 0. The van der Waals surface area contributed by atoms with E-state index in [2.05, 4.69) is 0 Å². The number of carboxylic acid groups (broad SMARTS) is 1. The van der Waals surface area contributed by atoms with Crippen molar-refractivity contribution >= 4 is 11.9 Å². The number of carbonyl (C=O) groups is 2. The van der Waals surface area contributed by atoms with Crippen LogP contribution in [0.2, 0.25) is 0 Å². The summed E-state index contributed by atoms with van der Waals surface area (Å²) in [4.78, 5) is 25.1. The highest BCUT2D eigenvalue weighted by Crippen LogP contribution is 2.70. The fourth-order valence-electron chi connectivity index (χ4n) is 8.80. The molecule has 6 bridgehead atoms. The molecule has 0 aromatic heterocycles. The van der Waals surface area contributed by atoms with Gasteiger partial charge in [0, 0.05) is 0 Å². The van der Waals surface area contributed by atoms with Crippen LogP contribution in [0.25, 0.3) is 0 Å². The van der Waals surface area contributed by atoms with Gasteiger partial charge in [-0.1, -0.05) is 0 Å². The summed E-state index contributed by atoms with van der Waals surface area (Å²) in [5, 5.41) is 9.90. The molecule has 6 aliphatic rings. The molecule has 0 heterocycles. The SMILES string of the molecule is O=C(O)C1C2CC(C1C(=O)OC1CC3CCC1C3)C1C3CCC(C3)C21. The van der Waals surface area contributed by atoms with Crippen molar-refractivity contribution in [3.05, 3.63) is 0 Å². The zero-order valence-electron chi connectivity index (χ0n) is 14.7. The van der Waals surface area contributed by atoms with Crippen LogP contribution >= 0.6 is 0 Å². The molecule has 4 heteroatoms. The number of carbonyl (C=O) groups excluding carboxylic acids is 1. The molecule has 0 aromatic rings. The Morgan fingerprint density at radius 2 is 1.44 bits per heavy atom. The number of esters is 1. The van der Waals surface area contributed by atoms with Crippen LogP contribution < -0.4 is 0 Å². The van der Waals surface area contributed by atoms with Crippen molar-refractivity contribution in [1.29, 1.82) is 0 Å². The van der Waals surface area contributed by atoms with Gasteiger partial charge < -0.3 is 9.84 Å². The predicted octanol–water partition coefficient (Wildman–Crippen LogP) is 3.35. The van der Waals surface area contributed by atoms with Gasteiger partial charge in [0.15, 0.2) is 0 Å². The monoisotopic (exact) mass is 344 g/mol. The van der Waals surface area contributed by atoms with Crippen LogP contribution in [-0.4, -0.2) is 23.1 Å². The summed E-state index contributed by atoms with van der Waals surface area (Å²) < 4.78 is 5.99. The smallest absolute Gasteiger partial charge is 0.310 e. The van der Waals surface area contributed by atoms with Crippen LogP contribution in [0.3, 0.4) is 0 Å². The van der Waals surface area contributed by atoms with Gasteiger partial charge in [-0.05, 0) is 98.7 Å². The molecule has 0 aliphatic heterocycles. The van der Waals surface area contributed by atoms with E-state index in [0.29, 0.717) is 17.8 Å². The third-order valence-corrected chi connectivity index (χ3v) is 9.39. The zero-order chi connectivity index (χ0) is 16.9. The Bertz CT molecular complexity index is 629. The van der Waals surface area contributed by atoms with Crippen molar-refractivity contribution in [3.8, 4) is 0 Å². The Morgan fingerprint density at radius 3 is 2.04 bits per heavy atom. The highest BCUT2D eigenvalue weighted by molar-refractivity contribution is 5.83. The lowest BCUT2D eigenvalue weighted by molar-refractivity contribution is -0.169. The average Bonchev–Trinajstić information content (AvgIpc) is 3.40. The van der Waals surface area contributed by atoms with Gasteiger partial charge in [-0.15, -0.1) is 0 Å². The minimum Gasteiger partial charge on any atom is -0.481 e. The first kappa shape index (κ1) is 15.0. The van der Waals surface area contributed by atoms with Crippen molar-refractivity contribution in [2.45, 2.75) is 57.5 Å². The summed E-state index contributed by atoms with van der Waals surface area (Å²) in [5.41, 5.74) is 0. The van der Waals surface area contributed by atoms with Crippen LogP contribution in [-0.2, 0) is 14.3 Å². The fraction of sp³-hybridized carbons (Fsp3) is 0.905. The van der Waals surface area contributed by atoms with Crippen LogP contribution in [0.4, 0.5) is 0 Å². The molecule has 6 fully saturated rings. The number of carboxylic acids is 1. The second-order valence-electron chi connectivity index (χ2n) is 10.1. The van der Waals surface area contributed by atoms with Crippen molar-refractivity contribution in [3.63, 3.8) is 0 Å². The summed E-state index contributed by atoms with van der Waals surface area (Å²) in [7, 11) is 0. The highest BCUT2D eigenvalue weighted by atomic mass is 16.5. The minimum absolute atomic E-state index is 0.0793. The van der Waals surface area contributed by atoms with Crippen LogP contribution in [0.5, 0.6) is 0 Å². The fourth-order valence-corrected chi connectivity index (χ4v) is 8.80. The summed E-state index contributed by atoms with van der Waals surface area (Å²) in [6, 6.07) is 0. The maximum Gasteiger partial charge on any atom is 0.310 e. The van der Waals surface area contributed by atoms with Gasteiger partial charge in [-0.3, -0.25) is 9.59 Å². The lowest BCUT2D eigenvalue weighted by Crippen LogP contribution is -2.45. The molecular weight excluding hydrogens is 316 g/mol. The van der Waals surface area contributed by atoms with Crippen LogP contribution in [0.15, 0.2) is 0 Å². The third kappa shape index (κ3) is 1.89. The topological polar surface area (TPSA) is 63.6 Å². The van der Waals surface area contributed by atoms with Crippen LogP contribution in [0.1, 0.15) is 51.4 Å². The van der Waals surface area contributed by atoms with E-state index in [4.69, 9.17) is 4.74 Å². The lowest BCUT2D eigenvalue weighted by Gasteiger charge is -2.41. The van der Waals surface area contributed by atoms with E-state index < -0.39 is 11.9 Å². The van der Waals surface area contributed by atoms with Crippen molar-refractivity contribution in [1.82, 2.24) is 0 Å². The third-order valence-electron chi connectivity index (χ3n) is 9.39. The zero-order valence-corrected chi connectivity index (χ0v) is 14.7. The molecule has 136 valence electrons. The number of hydrogen-bond donors (Lipinski definition) is 1. The molecule has 0 saturated heterocycles. The predicted molar refractivity (Wildman–Crippen MR) is 89.4 cm³/mol. The first-order valence-electron chi connectivity index (χ1n) is 10.5. The average molecular weight is 344 g/mol. The largest absolute Gasteiger partial charge is 0.481 e. The minimum atomic E-state index is -0.747. The number of ether oxygens (including phenoxy) is 1. The van der Waals surface area contributed by atoms with Crippen molar-refractivity contribution in [2.24, 2.45) is 59.2 Å². The van der Waals surface area contributed by atoms with Gasteiger partial charge in [0.25, 0.3) is 0 Å².